The molecule has 0 spiro atoms. The minimum absolute atomic E-state index is 0. The molecule has 0 aromatic carbocycles. The Morgan fingerprint density at radius 3 is 0.438 bits per heavy atom. The van der Waals surface area contributed by atoms with Crippen LogP contribution in [0.1, 0.15) is 0 Å². The molecule has 0 fully saturated rings. The third kappa shape index (κ3) is 50300. The van der Waals surface area contributed by atoms with Gasteiger partial charge in [-0.05, 0) is 0 Å². The van der Waals surface area contributed by atoms with Crippen molar-refractivity contribution in [2.24, 2.45) is 0 Å². The summed E-state index contributed by atoms with van der Waals surface area (Å²) in [5.74, 6) is 0. The van der Waals surface area contributed by atoms with Crippen LogP contribution in [0, 0.1) is 0 Å². The van der Waals surface area contributed by atoms with Gasteiger partial charge in [-0.15, -0.1) is 0 Å². The Bertz CT molecular complexity index is 337. The summed E-state index contributed by atoms with van der Waals surface area (Å²) in [6, 6.07) is 0. The molecule has 0 aromatic rings. The van der Waals surface area contributed by atoms with Gasteiger partial charge in [0.1, 0.15) is 0 Å². The van der Waals surface area contributed by atoms with Crippen LogP contribution in [0.3, 0.4) is 0 Å². The van der Waals surface area contributed by atoms with Gasteiger partial charge in [0.05, 0.1) is 8.41 Å². The van der Waals surface area contributed by atoms with Gasteiger partial charge < -0.3 is 0 Å². The van der Waals surface area contributed by atoms with E-state index >= 15 is 0 Å². The summed E-state index contributed by atoms with van der Waals surface area (Å²) in [4.78, 5) is 0. The van der Waals surface area contributed by atoms with Gasteiger partial charge in [0, 0.05) is 0 Å². The summed E-state index contributed by atoms with van der Waals surface area (Å²) in [5.41, 5.74) is 0. The minimum atomic E-state index is -5.25. The second kappa shape index (κ2) is 9.27. The average molecular weight is 368 g/mol. The van der Waals surface area contributed by atoms with Crippen molar-refractivity contribution < 1.29 is 88.6 Å². The van der Waals surface area contributed by atoms with Gasteiger partial charge in [-0.25, -0.2) is 0 Å². The summed E-state index contributed by atoms with van der Waals surface area (Å²) in [6.07, 6.45) is 0. The van der Waals surface area contributed by atoms with Gasteiger partial charge >= 0.3 is 88.6 Å². The third-order valence-corrected chi connectivity index (χ3v) is 0. The topological polar surface area (TPSA) is 224 Å². The molecule has 0 aliphatic rings. The second-order valence-electron chi connectivity index (χ2n) is 1.34. The molecular weight excluding hydrogens is 359 g/mol. The fourth-order valence-electron chi connectivity index (χ4n) is 0. The van der Waals surface area contributed by atoms with E-state index in [1.165, 1.54) is 0 Å². The molecule has 0 atom stereocenters. The van der Waals surface area contributed by atoms with Gasteiger partial charge in [-0.1, -0.05) is 0 Å². The Hall–Kier alpha value is 0.222. The first kappa shape index (κ1) is 25.2. The standard InChI is InChI=1S/BH3.3Cr.6H2O.6O/h1H3;;;;6*1H2;;;;;;/q;3*+2;;;;;;;;;;;;/p-6. The molecule has 0 aliphatic heterocycles. The quantitative estimate of drug-likeness (QED) is 0.221. The fraction of sp³-hybridized carbons (Fsp3) is 0. The average Bonchev–Trinajstić information content (AvgIpc) is 1.41. The molecule has 0 aromatic heterocycles. The Morgan fingerprint density at radius 1 is 0.438 bits per heavy atom. The van der Waals surface area contributed by atoms with Gasteiger partial charge in [0.15, 0.2) is 0 Å². The molecule has 16 heavy (non-hydrogen) atoms. The Labute approximate surface area is 96.9 Å². The Morgan fingerprint density at radius 2 is 0.438 bits per heavy atom. The first-order chi connectivity index (χ1) is 6.00. The van der Waals surface area contributed by atoms with Crippen LogP contribution in [0.25, 0.3) is 0 Å². The van der Waals surface area contributed by atoms with E-state index in [1.54, 1.807) is 0 Å². The van der Waals surface area contributed by atoms with Crippen molar-refractivity contribution in [2.75, 3.05) is 0 Å². The summed E-state index contributed by atoms with van der Waals surface area (Å²) in [7, 11) is 0. The monoisotopic (exact) mass is 368 g/mol. The zero-order valence-corrected chi connectivity index (χ0v) is 10.2. The predicted octanol–water partition coefficient (Wildman–Crippen LogP) is -5.25. The van der Waals surface area contributed by atoms with Crippen molar-refractivity contribution in [3.63, 3.8) is 0 Å². The maximum atomic E-state index is 8.82. The van der Waals surface area contributed by atoms with Crippen LogP contribution in [0.5, 0.6) is 0 Å². The van der Waals surface area contributed by atoms with Gasteiger partial charge in [-0.2, -0.15) is 0 Å². The molecule has 0 unspecified atom stereocenters. The molecule has 0 radical (unpaired) electrons. The van der Waals surface area contributed by atoms with Crippen LogP contribution in [0.2, 0.25) is 0 Å². The molecule has 0 rings (SSSR count). The van der Waals surface area contributed by atoms with Crippen LogP contribution >= 0.6 is 0 Å². The predicted molar refractivity (Wildman–Crippen MR) is 27.4 cm³/mol. The molecule has 0 saturated carbocycles. The summed E-state index contributed by atoms with van der Waals surface area (Å²) >= 11 is -15.8. The van der Waals surface area contributed by atoms with E-state index in [1.807, 2.05) is 0 Å². The van der Waals surface area contributed by atoms with E-state index in [0.29, 0.717) is 0 Å². The molecule has 12 nitrogen and oxygen atoms in total. The molecule has 0 heterocycles. The number of rotatable bonds is 0. The van der Waals surface area contributed by atoms with Crippen LogP contribution in [-0.4, -0.2) is 33.4 Å². The zero-order valence-electron chi connectivity index (χ0n) is 6.36. The summed E-state index contributed by atoms with van der Waals surface area (Å²) < 4.78 is 95.6. The van der Waals surface area contributed by atoms with Gasteiger partial charge in [-0.3, -0.25) is 0 Å². The van der Waals surface area contributed by atoms with Crippen molar-refractivity contribution in [1.82, 2.24) is 0 Å². The molecular formula is H9BCr3O12. The zero-order chi connectivity index (χ0) is 13.5. The molecule has 0 saturated heterocycles. The van der Waals surface area contributed by atoms with Gasteiger partial charge in [0.25, 0.3) is 0 Å². The molecule has 102 valence electrons. The van der Waals surface area contributed by atoms with Crippen LogP contribution in [0.15, 0.2) is 0 Å². The van der Waals surface area contributed by atoms with E-state index in [9.17, 15) is 0 Å². The van der Waals surface area contributed by atoms with Crippen molar-refractivity contribution in [2.45, 2.75) is 0 Å². The molecule has 6 N–H and O–H groups in total. The van der Waals surface area contributed by atoms with Crippen LogP contribution in [0.4, 0.5) is 0 Å². The van der Waals surface area contributed by atoms with Crippen molar-refractivity contribution >= 4 is 8.41 Å². The van der Waals surface area contributed by atoms with E-state index in [-0.39, 0.29) is 8.41 Å². The Kier molecular flexibility index (Phi) is 14.6. The first-order valence-corrected chi connectivity index (χ1v) is 8.64. The first-order valence-electron chi connectivity index (χ1n) is 2.10. The summed E-state index contributed by atoms with van der Waals surface area (Å²) in [5, 5.41) is 0. The van der Waals surface area contributed by atoms with Gasteiger partial charge in [0.2, 0.25) is 0 Å². The molecule has 0 bridgehead atoms. The van der Waals surface area contributed by atoms with Crippen molar-refractivity contribution in [3.05, 3.63) is 0 Å². The summed E-state index contributed by atoms with van der Waals surface area (Å²) in [6.45, 7) is 0. The normalized spacial score (nSPS) is 10.9. The van der Waals surface area contributed by atoms with Crippen molar-refractivity contribution in [3.8, 4) is 0 Å². The van der Waals surface area contributed by atoms with E-state index in [0.717, 1.165) is 0 Å². The molecule has 16 heteroatoms. The van der Waals surface area contributed by atoms with E-state index < -0.39 is 40.8 Å². The third-order valence-electron chi connectivity index (χ3n) is 0. The number of hydrogen-bond acceptors (Lipinski definition) is 6. The van der Waals surface area contributed by atoms with Crippen molar-refractivity contribution in [1.29, 1.82) is 0 Å². The molecule has 0 amide bonds. The van der Waals surface area contributed by atoms with Crippen LogP contribution in [-0.2, 0) is 63.7 Å². The fourth-order valence-corrected chi connectivity index (χ4v) is 0. The maximum absolute atomic E-state index is 8.82. The van der Waals surface area contributed by atoms with E-state index in [4.69, 9.17) is 47.8 Å². The Balaban J connectivity index is -0.0000000655. The van der Waals surface area contributed by atoms with Crippen LogP contribution < -0.4 is 0 Å². The van der Waals surface area contributed by atoms with E-state index in [2.05, 4.69) is 0 Å². The SMILES string of the molecule is B.[O]=[Cr](=[O])([OH])[OH].[O]=[Cr](=[O])([OH])[OH].[O]=[Cr](=[O])([OH])[OH]. The second-order valence-corrected chi connectivity index (χ2v) is 5.54. The number of hydrogen-bond donors (Lipinski definition) is 6. The molecule has 0 aliphatic carbocycles.